The molecule has 0 bridgehead atoms. The highest BCUT2D eigenvalue weighted by atomic mass is 16.6. The van der Waals surface area contributed by atoms with Crippen molar-refractivity contribution in [3.8, 4) is 5.75 Å². The third-order valence-corrected chi connectivity index (χ3v) is 8.23. The van der Waals surface area contributed by atoms with Crippen molar-refractivity contribution in [1.82, 2.24) is 10.3 Å². The van der Waals surface area contributed by atoms with Crippen molar-refractivity contribution < 1.29 is 14.3 Å². The van der Waals surface area contributed by atoms with Crippen molar-refractivity contribution in [1.29, 1.82) is 0 Å². The van der Waals surface area contributed by atoms with Gasteiger partial charge in [0.15, 0.2) is 0 Å². The number of hydrogen-bond acceptors (Lipinski definition) is 4. The van der Waals surface area contributed by atoms with Gasteiger partial charge >= 0.3 is 5.97 Å². The predicted octanol–water partition coefficient (Wildman–Crippen LogP) is 4.62. The zero-order valence-corrected chi connectivity index (χ0v) is 18.7. The van der Waals surface area contributed by atoms with E-state index in [1.54, 1.807) is 7.11 Å². The number of hydrogen-bond donors (Lipinski definition) is 2. The topological polar surface area (TPSA) is 63.3 Å². The summed E-state index contributed by atoms with van der Waals surface area (Å²) in [4.78, 5) is 16.0. The zero-order chi connectivity index (χ0) is 21.6. The van der Waals surface area contributed by atoms with Gasteiger partial charge in [-0.2, -0.15) is 0 Å². The predicted molar refractivity (Wildman–Crippen MR) is 122 cm³/mol. The van der Waals surface area contributed by atoms with Crippen molar-refractivity contribution in [2.45, 2.75) is 51.6 Å². The number of fused-ring (bicyclic) bond motifs is 3. The summed E-state index contributed by atoms with van der Waals surface area (Å²) >= 11 is 0. The van der Waals surface area contributed by atoms with Crippen LogP contribution in [0.2, 0.25) is 0 Å². The maximum absolute atomic E-state index is 12.7. The van der Waals surface area contributed by atoms with Gasteiger partial charge in [-0.25, -0.2) is 0 Å². The first-order chi connectivity index (χ1) is 15.0. The summed E-state index contributed by atoms with van der Waals surface area (Å²) in [5.41, 5.74) is 4.04. The normalized spacial score (nSPS) is 32.6. The molecule has 0 radical (unpaired) electrons. The van der Waals surface area contributed by atoms with Crippen molar-refractivity contribution >= 4 is 16.9 Å². The molecule has 3 aliphatic rings. The summed E-state index contributed by atoms with van der Waals surface area (Å²) in [7, 11) is 1.69. The number of aromatic nitrogens is 1. The molecule has 0 unspecified atom stereocenters. The van der Waals surface area contributed by atoms with Crippen LogP contribution < -0.4 is 10.1 Å². The van der Waals surface area contributed by atoms with E-state index in [0.717, 1.165) is 43.5 Å². The van der Waals surface area contributed by atoms with Crippen LogP contribution >= 0.6 is 0 Å². The minimum Gasteiger partial charge on any atom is -0.497 e. The van der Waals surface area contributed by atoms with E-state index in [2.05, 4.69) is 42.1 Å². The summed E-state index contributed by atoms with van der Waals surface area (Å²) in [6.07, 6.45) is 8.72. The summed E-state index contributed by atoms with van der Waals surface area (Å²) in [5, 5.41) is 4.74. The Morgan fingerprint density at radius 2 is 2.26 bits per heavy atom. The first-order valence-electron chi connectivity index (χ1n) is 11.7. The third-order valence-electron chi connectivity index (χ3n) is 8.23. The molecule has 5 rings (SSSR count). The molecule has 166 valence electrons. The van der Waals surface area contributed by atoms with E-state index in [9.17, 15) is 4.79 Å². The minimum absolute atomic E-state index is 0.00723. The molecular weight excluding hydrogens is 388 g/mol. The molecule has 2 N–H and O–H groups in total. The van der Waals surface area contributed by atoms with Crippen LogP contribution in [0.1, 0.15) is 44.6 Å². The Bertz CT molecular complexity index is 996. The zero-order valence-electron chi connectivity index (χ0n) is 18.7. The number of esters is 1. The number of H-pyrrole nitrogens is 1. The number of methoxy groups -OCH3 is 1. The Labute approximate surface area is 184 Å². The number of benzene rings is 1. The fraction of sp³-hybridized carbons (Fsp3) is 0.577. The lowest BCUT2D eigenvalue weighted by Gasteiger charge is -2.50. The molecule has 31 heavy (non-hydrogen) atoms. The van der Waals surface area contributed by atoms with Crippen LogP contribution in [0.4, 0.5) is 0 Å². The number of ether oxygens (including phenoxy) is 2. The molecule has 1 aliphatic heterocycles. The molecule has 1 aromatic heterocycles. The van der Waals surface area contributed by atoms with E-state index < -0.39 is 0 Å². The molecule has 5 nitrogen and oxygen atoms in total. The molecule has 2 aliphatic carbocycles. The first kappa shape index (κ1) is 20.6. The van der Waals surface area contributed by atoms with E-state index in [1.165, 1.54) is 29.4 Å². The van der Waals surface area contributed by atoms with Gasteiger partial charge < -0.3 is 19.8 Å². The standard InChI is InChI=1S/C26H34N2O3/c1-16-5-4-9-26(2)13-24-20(12-22(16)26)21(25(29)31-24)15-27-10-8-17-14-28-23-7-6-18(30-3)11-19(17)23/h6-7,11,14,20-22,24,27-28H,1,4-5,8-10,12-13,15H2,2-3H3/t20-,21-,22+,24-,26-/m1/s1. The molecule has 3 fully saturated rings. The highest BCUT2D eigenvalue weighted by Crippen LogP contribution is 2.56. The van der Waals surface area contributed by atoms with Crippen LogP contribution in [0.15, 0.2) is 36.5 Å². The Kier molecular flexibility index (Phi) is 5.33. The largest absolute Gasteiger partial charge is 0.497 e. The average Bonchev–Trinajstić information content (AvgIpc) is 3.29. The number of aromatic amines is 1. The van der Waals surface area contributed by atoms with Gasteiger partial charge in [-0.15, -0.1) is 0 Å². The number of rotatable bonds is 6. The Hall–Kier alpha value is -2.27. The lowest BCUT2D eigenvalue weighted by Crippen LogP contribution is -2.45. The summed E-state index contributed by atoms with van der Waals surface area (Å²) in [6.45, 7) is 8.30. The Balaban J connectivity index is 1.20. The second kappa shape index (κ2) is 8.01. The lowest BCUT2D eigenvalue weighted by atomic mass is 9.55. The van der Waals surface area contributed by atoms with Gasteiger partial charge in [-0.3, -0.25) is 4.79 Å². The molecule has 1 saturated heterocycles. The maximum atomic E-state index is 12.7. The number of carbonyl (C=O) groups is 1. The highest BCUT2D eigenvalue weighted by Gasteiger charge is 2.54. The van der Waals surface area contributed by atoms with Gasteiger partial charge in [0.25, 0.3) is 0 Å². The van der Waals surface area contributed by atoms with E-state index >= 15 is 0 Å². The van der Waals surface area contributed by atoms with Crippen LogP contribution in [0, 0.1) is 23.2 Å². The van der Waals surface area contributed by atoms with E-state index in [-0.39, 0.29) is 23.4 Å². The second-order valence-corrected chi connectivity index (χ2v) is 10.1. The summed E-state index contributed by atoms with van der Waals surface area (Å²) in [5.74, 6) is 1.69. The van der Waals surface area contributed by atoms with Crippen molar-refractivity contribution in [3.05, 3.63) is 42.1 Å². The number of nitrogens with one attached hydrogen (secondary N) is 2. The second-order valence-electron chi connectivity index (χ2n) is 10.1. The molecule has 5 atom stereocenters. The van der Waals surface area contributed by atoms with Gasteiger partial charge in [-0.05, 0) is 80.2 Å². The molecule has 0 amide bonds. The smallest absolute Gasteiger partial charge is 0.310 e. The minimum atomic E-state index is -0.0349. The Morgan fingerprint density at radius 1 is 1.39 bits per heavy atom. The van der Waals surface area contributed by atoms with E-state index in [0.29, 0.717) is 18.4 Å². The Morgan fingerprint density at radius 3 is 3.10 bits per heavy atom. The molecular formula is C26H34N2O3. The average molecular weight is 423 g/mol. The molecule has 5 heteroatoms. The van der Waals surface area contributed by atoms with Gasteiger partial charge in [0.1, 0.15) is 11.9 Å². The van der Waals surface area contributed by atoms with Gasteiger partial charge in [0.05, 0.1) is 13.0 Å². The quantitative estimate of drug-likeness (QED) is 0.405. The molecule has 0 spiro atoms. The maximum Gasteiger partial charge on any atom is 0.310 e. The third kappa shape index (κ3) is 3.67. The van der Waals surface area contributed by atoms with Crippen molar-refractivity contribution in [3.63, 3.8) is 0 Å². The van der Waals surface area contributed by atoms with Gasteiger partial charge in [0, 0.05) is 29.6 Å². The van der Waals surface area contributed by atoms with Gasteiger partial charge in [-0.1, -0.05) is 19.1 Å². The fourth-order valence-corrected chi connectivity index (χ4v) is 6.46. The van der Waals surface area contributed by atoms with Gasteiger partial charge in [0.2, 0.25) is 0 Å². The van der Waals surface area contributed by atoms with E-state index in [1.807, 2.05) is 6.07 Å². The lowest BCUT2D eigenvalue weighted by molar-refractivity contribution is -0.146. The van der Waals surface area contributed by atoms with Crippen LogP contribution in [0.25, 0.3) is 10.9 Å². The van der Waals surface area contributed by atoms with Crippen molar-refractivity contribution in [2.75, 3.05) is 20.2 Å². The summed E-state index contributed by atoms with van der Waals surface area (Å²) in [6, 6.07) is 6.10. The molecule has 2 heterocycles. The molecule has 1 aromatic carbocycles. The molecule has 2 aromatic rings. The van der Waals surface area contributed by atoms with Crippen LogP contribution in [0.3, 0.4) is 0 Å². The first-order valence-corrected chi connectivity index (χ1v) is 11.7. The van der Waals surface area contributed by atoms with Crippen LogP contribution in [-0.2, 0) is 16.0 Å². The van der Waals surface area contributed by atoms with Crippen LogP contribution in [0.5, 0.6) is 5.75 Å². The molecule has 2 saturated carbocycles. The fourth-order valence-electron chi connectivity index (χ4n) is 6.46. The van der Waals surface area contributed by atoms with E-state index in [4.69, 9.17) is 9.47 Å². The SMILES string of the molecule is C=C1CCC[C@]2(C)C[C@H]3OC(=O)[C@H](CNCCc4c[nH]c5ccc(OC)cc45)[C@H]3C[C@@H]12. The summed E-state index contributed by atoms with van der Waals surface area (Å²) < 4.78 is 11.3. The van der Waals surface area contributed by atoms with Crippen molar-refractivity contribution in [2.24, 2.45) is 23.2 Å². The highest BCUT2D eigenvalue weighted by molar-refractivity contribution is 5.84. The number of allylic oxidation sites excluding steroid dienone is 1. The number of carbonyl (C=O) groups excluding carboxylic acids is 1. The van der Waals surface area contributed by atoms with Crippen LogP contribution in [-0.4, -0.2) is 37.3 Å². The monoisotopic (exact) mass is 422 g/mol.